The second kappa shape index (κ2) is 4.92. The maximum atomic E-state index is 6.59. The van der Waals surface area contributed by atoms with Crippen LogP contribution in [0.5, 0.6) is 0 Å². The Labute approximate surface area is 170 Å². The number of benzene rings is 5. The average Bonchev–Trinajstić information content (AvgIpc) is 3.28. The van der Waals surface area contributed by atoms with Gasteiger partial charge in [-0.15, -0.1) is 0 Å². The predicted octanol–water partition coefficient (Wildman–Crippen LogP) is 7.89. The van der Waals surface area contributed by atoms with Crippen LogP contribution >= 0.6 is 0 Å². The number of aromatic nitrogens is 1. The summed E-state index contributed by atoms with van der Waals surface area (Å²) >= 11 is 0. The van der Waals surface area contributed by atoms with E-state index in [0.717, 1.165) is 11.2 Å². The molecule has 8 aromatic rings. The number of rotatable bonds is 0. The lowest BCUT2D eigenvalue weighted by Crippen LogP contribution is -1.84. The van der Waals surface area contributed by atoms with Gasteiger partial charge in [0.15, 0.2) is 5.58 Å². The van der Waals surface area contributed by atoms with Crippen LogP contribution in [0.25, 0.3) is 70.8 Å². The van der Waals surface area contributed by atoms with Crippen LogP contribution in [0.3, 0.4) is 0 Å². The third-order valence-corrected chi connectivity index (χ3v) is 6.70. The molecule has 2 heteroatoms. The maximum Gasteiger partial charge on any atom is 0.162 e. The highest BCUT2D eigenvalue weighted by molar-refractivity contribution is 6.33. The first-order valence-corrected chi connectivity index (χ1v) is 10.3. The van der Waals surface area contributed by atoms with Crippen molar-refractivity contribution in [2.45, 2.75) is 0 Å². The minimum atomic E-state index is 0.955. The van der Waals surface area contributed by atoms with E-state index in [9.17, 15) is 0 Å². The Morgan fingerprint density at radius 1 is 0.500 bits per heavy atom. The number of hydrogen-bond acceptors (Lipinski definition) is 1. The molecule has 0 spiro atoms. The summed E-state index contributed by atoms with van der Waals surface area (Å²) in [4.78, 5) is 0. The fourth-order valence-electron chi connectivity index (χ4n) is 5.51. The highest BCUT2D eigenvalue weighted by Crippen LogP contribution is 2.45. The second-order valence-corrected chi connectivity index (χ2v) is 8.16. The Balaban J connectivity index is 1.89. The molecule has 0 amide bonds. The molecule has 0 N–H and O–H groups in total. The fraction of sp³-hybridized carbons (Fsp3) is 0. The van der Waals surface area contributed by atoms with Crippen LogP contribution in [-0.4, -0.2) is 4.40 Å². The van der Waals surface area contributed by atoms with E-state index in [0.29, 0.717) is 0 Å². The van der Waals surface area contributed by atoms with Crippen LogP contribution in [-0.2, 0) is 0 Å². The van der Waals surface area contributed by atoms with Gasteiger partial charge in [-0.25, -0.2) is 0 Å². The molecule has 0 radical (unpaired) electrons. The first-order chi connectivity index (χ1) is 14.9. The van der Waals surface area contributed by atoms with E-state index in [-0.39, 0.29) is 0 Å². The number of nitrogens with zero attached hydrogens (tertiary/aromatic N) is 1. The Hall–Kier alpha value is -4.04. The molecule has 0 aliphatic carbocycles. The molecule has 8 rings (SSSR count). The minimum Gasteiger partial charge on any atom is -0.454 e. The van der Waals surface area contributed by atoms with Crippen LogP contribution in [0.2, 0.25) is 0 Å². The van der Waals surface area contributed by atoms with Gasteiger partial charge in [0.2, 0.25) is 0 Å². The normalized spacial score (nSPS) is 12.7. The second-order valence-electron chi connectivity index (χ2n) is 8.16. The van der Waals surface area contributed by atoms with Gasteiger partial charge < -0.3 is 8.82 Å². The van der Waals surface area contributed by atoms with Crippen LogP contribution in [0, 0.1) is 0 Å². The van der Waals surface area contributed by atoms with E-state index in [2.05, 4.69) is 95.4 Å². The summed E-state index contributed by atoms with van der Waals surface area (Å²) in [6, 6.07) is 32.7. The largest absolute Gasteiger partial charge is 0.454 e. The first-order valence-electron chi connectivity index (χ1n) is 10.3. The summed E-state index contributed by atoms with van der Waals surface area (Å²) in [6.45, 7) is 0. The summed E-state index contributed by atoms with van der Waals surface area (Å²) in [5.41, 5.74) is 5.52. The lowest BCUT2D eigenvalue weighted by molar-refractivity contribution is 0.673. The zero-order valence-electron chi connectivity index (χ0n) is 16.0. The molecular formula is C28H15NO. The zero-order valence-corrected chi connectivity index (χ0v) is 16.0. The SMILES string of the molecule is c1ccc2c(c1)ccc1c2c2oc3ccc4cccc5c6ccccc6n1c2c3c45. The lowest BCUT2D eigenvalue weighted by Gasteiger charge is -2.03. The van der Waals surface area contributed by atoms with Crippen molar-refractivity contribution >= 4 is 70.8 Å². The third kappa shape index (κ3) is 1.56. The minimum absolute atomic E-state index is 0.955. The van der Waals surface area contributed by atoms with Gasteiger partial charge in [0.1, 0.15) is 11.1 Å². The molecule has 0 saturated heterocycles. The van der Waals surface area contributed by atoms with Crippen molar-refractivity contribution in [3.63, 3.8) is 0 Å². The van der Waals surface area contributed by atoms with Gasteiger partial charge in [0.05, 0.1) is 21.8 Å². The Kier molecular flexibility index (Phi) is 2.44. The van der Waals surface area contributed by atoms with Gasteiger partial charge in [0.25, 0.3) is 0 Å². The fourth-order valence-corrected chi connectivity index (χ4v) is 5.51. The summed E-state index contributed by atoms with van der Waals surface area (Å²) < 4.78 is 9.00. The number of para-hydroxylation sites is 1. The molecule has 138 valence electrons. The van der Waals surface area contributed by atoms with Crippen LogP contribution in [0.1, 0.15) is 0 Å². The summed E-state index contributed by atoms with van der Waals surface area (Å²) in [7, 11) is 0. The maximum absolute atomic E-state index is 6.59. The van der Waals surface area contributed by atoms with Crippen LogP contribution < -0.4 is 0 Å². The smallest absolute Gasteiger partial charge is 0.162 e. The third-order valence-electron chi connectivity index (χ3n) is 6.70. The van der Waals surface area contributed by atoms with Gasteiger partial charge in [-0.3, -0.25) is 0 Å². The van der Waals surface area contributed by atoms with Gasteiger partial charge in [-0.1, -0.05) is 72.8 Å². The van der Waals surface area contributed by atoms with Crippen molar-refractivity contribution in [3.8, 4) is 0 Å². The Bertz CT molecular complexity index is 1950. The van der Waals surface area contributed by atoms with Crippen molar-refractivity contribution in [2.24, 2.45) is 0 Å². The van der Waals surface area contributed by atoms with Crippen molar-refractivity contribution in [2.75, 3.05) is 0 Å². The molecule has 0 aliphatic heterocycles. The molecule has 0 saturated carbocycles. The zero-order chi connectivity index (χ0) is 19.4. The van der Waals surface area contributed by atoms with Crippen LogP contribution in [0.4, 0.5) is 0 Å². The molecule has 0 fully saturated rings. The van der Waals surface area contributed by atoms with Crippen molar-refractivity contribution < 1.29 is 4.42 Å². The van der Waals surface area contributed by atoms with Crippen LogP contribution in [0.15, 0.2) is 95.4 Å². The van der Waals surface area contributed by atoms with E-state index >= 15 is 0 Å². The predicted molar refractivity (Wildman–Crippen MR) is 126 cm³/mol. The van der Waals surface area contributed by atoms with E-state index in [1.54, 1.807) is 0 Å². The molecule has 3 heterocycles. The van der Waals surface area contributed by atoms with Gasteiger partial charge in [0, 0.05) is 10.8 Å². The first kappa shape index (κ1) is 14.9. The molecular weight excluding hydrogens is 366 g/mol. The molecule has 3 aromatic heterocycles. The average molecular weight is 381 g/mol. The molecule has 0 aliphatic rings. The van der Waals surface area contributed by atoms with Gasteiger partial charge in [-0.2, -0.15) is 0 Å². The molecule has 0 atom stereocenters. The Morgan fingerprint density at radius 2 is 1.27 bits per heavy atom. The molecule has 2 nitrogen and oxygen atoms in total. The van der Waals surface area contributed by atoms with E-state index in [4.69, 9.17) is 4.42 Å². The van der Waals surface area contributed by atoms with Crippen molar-refractivity contribution in [1.29, 1.82) is 0 Å². The number of hydrogen-bond donors (Lipinski definition) is 0. The standard InChI is InChI=1S/C28H15NO/c1-2-8-18-16(6-1)12-14-22-25(18)28-27-26-23(30-28)15-13-17-7-5-10-20(24(17)26)19-9-3-4-11-21(19)29(22)27/h1-15H. The van der Waals surface area contributed by atoms with Crippen molar-refractivity contribution in [3.05, 3.63) is 91.0 Å². The topological polar surface area (TPSA) is 17.6 Å². The quantitative estimate of drug-likeness (QED) is 0.261. The van der Waals surface area contributed by atoms with E-state index < -0.39 is 0 Å². The number of fused-ring (bicyclic) bond motifs is 8. The van der Waals surface area contributed by atoms with Crippen molar-refractivity contribution in [1.82, 2.24) is 4.40 Å². The summed E-state index contributed by atoms with van der Waals surface area (Å²) in [5, 5.41) is 9.96. The van der Waals surface area contributed by atoms with Gasteiger partial charge in [-0.05, 0) is 39.7 Å². The molecule has 30 heavy (non-hydrogen) atoms. The van der Waals surface area contributed by atoms with E-state index in [1.165, 1.54) is 59.6 Å². The number of furan rings is 1. The highest BCUT2D eigenvalue weighted by Gasteiger charge is 2.23. The molecule has 0 unspecified atom stereocenters. The molecule has 5 aromatic carbocycles. The molecule has 0 bridgehead atoms. The van der Waals surface area contributed by atoms with Gasteiger partial charge >= 0.3 is 0 Å². The summed E-state index contributed by atoms with van der Waals surface area (Å²) in [6.07, 6.45) is 0. The monoisotopic (exact) mass is 381 g/mol. The van der Waals surface area contributed by atoms with E-state index in [1.807, 2.05) is 0 Å². The lowest BCUT2D eigenvalue weighted by atomic mass is 10.0. The summed E-state index contributed by atoms with van der Waals surface area (Å²) in [5.74, 6) is 0. The Morgan fingerprint density at radius 3 is 2.23 bits per heavy atom. The highest BCUT2D eigenvalue weighted by atomic mass is 16.3.